The molecule has 5 atom stereocenters. The van der Waals surface area contributed by atoms with Crippen molar-refractivity contribution in [2.75, 3.05) is 0 Å². The van der Waals surface area contributed by atoms with Crippen molar-refractivity contribution in [2.45, 2.75) is 108 Å². The van der Waals surface area contributed by atoms with Crippen LogP contribution in [0.5, 0.6) is 0 Å². The van der Waals surface area contributed by atoms with E-state index in [0.29, 0.717) is 17.9 Å². The standard InChI is InChI=1S/C34H46O3/c1-18(2)13-12-14-25-15-16-26-21(5)33(10)24(8)32(9)17-19(3)27(23(7)35)31(37)34(32,11)22(6)29(33)30(36)28(26)20(25)4/h15-16,18,21,24H,12-14,17H2,1-11H3. The highest BCUT2D eigenvalue weighted by atomic mass is 16.2. The molecule has 0 amide bonds. The largest absolute Gasteiger partial charge is 0.294 e. The molecule has 0 saturated carbocycles. The number of ketones is 3. The van der Waals surface area contributed by atoms with E-state index in [9.17, 15) is 14.4 Å². The van der Waals surface area contributed by atoms with Gasteiger partial charge in [-0.2, -0.15) is 0 Å². The van der Waals surface area contributed by atoms with Crippen molar-refractivity contribution < 1.29 is 14.4 Å². The average Bonchev–Trinajstić information content (AvgIpc) is 2.80. The third kappa shape index (κ3) is 3.48. The van der Waals surface area contributed by atoms with Gasteiger partial charge in [-0.25, -0.2) is 0 Å². The summed E-state index contributed by atoms with van der Waals surface area (Å²) in [5.74, 6) is 0.691. The molecule has 5 unspecified atom stereocenters. The fourth-order valence-electron chi connectivity index (χ4n) is 8.56. The number of benzene rings is 1. The Morgan fingerprint density at radius 3 is 2.24 bits per heavy atom. The summed E-state index contributed by atoms with van der Waals surface area (Å²) in [6.07, 6.45) is 3.95. The summed E-state index contributed by atoms with van der Waals surface area (Å²) >= 11 is 0. The van der Waals surface area contributed by atoms with Gasteiger partial charge in [-0.1, -0.05) is 71.2 Å². The predicted octanol–water partition coefficient (Wildman–Crippen LogP) is 8.14. The molecule has 0 radical (unpaired) electrons. The molecule has 3 nitrogen and oxygen atoms in total. The Labute approximate surface area is 224 Å². The maximum atomic E-state index is 14.6. The molecule has 3 heteroatoms. The Kier molecular flexibility index (Phi) is 6.66. The van der Waals surface area contributed by atoms with E-state index in [-0.39, 0.29) is 29.2 Å². The van der Waals surface area contributed by atoms with Crippen molar-refractivity contribution in [3.63, 3.8) is 0 Å². The van der Waals surface area contributed by atoms with E-state index >= 15 is 0 Å². The van der Waals surface area contributed by atoms with Gasteiger partial charge in [0.25, 0.3) is 0 Å². The molecule has 3 aliphatic rings. The van der Waals surface area contributed by atoms with Crippen LogP contribution in [0.3, 0.4) is 0 Å². The third-order valence-corrected chi connectivity index (χ3v) is 11.4. The number of aryl methyl sites for hydroxylation is 1. The van der Waals surface area contributed by atoms with Crippen LogP contribution in [0.4, 0.5) is 0 Å². The highest BCUT2D eigenvalue weighted by Gasteiger charge is 2.67. The summed E-state index contributed by atoms with van der Waals surface area (Å²) in [5.41, 5.74) is 5.59. The van der Waals surface area contributed by atoms with Gasteiger partial charge in [0.05, 0.1) is 11.0 Å². The molecule has 0 heterocycles. The third-order valence-electron chi connectivity index (χ3n) is 11.4. The molecule has 0 fully saturated rings. The maximum Gasteiger partial charge on any atom is 0.190 e. The Balaban J connectivity index is 1.96. The Hall–Kier alpha value is -2.29. The van der Waals surface area contributed by atoms with Crippen molar-refractivity contribution >= 4 is 17.3 Å². The number of hydrogen-bond acceptors (Lipinski definition) is 3. The lowest BCUT2D eigenvalue weighted by atomic mass is 9.37. The van der Waals surface area contributed by atoms with Crippen LogP contribution >= 0.6 is 0 Å². The van der Waals surface area contributed by atoms with Crippen LogP contribution < -0.4 is 0 Å². The number of rotatable bonds is 5. The van der Waals surface area contributed by atoms with Crippen molar-refractivity contribution in [1.29, 1.82) is 0 Å². The highest BCUT2D eigenvalue weighted by Crippen LogP contribution is 2.71. The van der Waals surface area contributed by atoms with E-state index in [1.54, 1.807) is 0 Å². The molecule has 1 aromatic carbocycles. The van der Waals surface area contributed by atoms with Crippen LogP contribution in [0.1, 0.15) is 121 Å². The Morgan fingerprint density at radius 2 is 1.68 bits per heavy atom. The van der Waals surface area contributed by atoms with E-state index in [1.165, 1.54) is 18.9 Å². The maximum absolute atomic E-state index is 14.6. The molecule has 0 bridgehead atoms. The molecule has 200 valence electrons. The van der Waals surface area contributed by atoms with Gasteiger partial charge in [0.2, 0.25) is 0 Å². The van der Waals surface area contributed by atoms with E-state index in [0.717, 1.165) is 46.3 Å². The second-order valence-electron chi connectivity index (χ2n) is 13.4. The van der Waals surface area contributed by atoms with Crippen molar-refractivity contribution in [2.24, 2.45) is 28.1 Å². The molecule has 0 N–H and O–H groups in total. The van der Waals surface area contributed by atoms with Gasteiger partial charge in [-0.15, -0.1) is 0 Å². The molecule has 0 saturated heterocycles. The number of carbonyl (C=O) groups is 3. The van der Waals surface area contributed by atoms with Crippen LogP contribution in [-0.2, 0) is 16.0 Å². The minimum Gasteiger partial charge on any atom is -0.294 e. The number of Topliss-reactive ketones (excluding diaryl/α,β-unsaturated/α-hetero) is 3. The fourth-order valence-corrected chi connectivity index (χ4v) is 8.56. The normalized spacial score (nSPS) is 33.5. The van der Waals surface area contributed by atoms with Crippen LogP contribution in [0, 0.1) is 35.0 Å². The smallest absolute Gasteiger partial charge is 0.190 e. The molecule has 3 aliphatic carbocycles. The first-order chi connectivity index (χ1) is 17.1. The second kappa shape index (κ2) is 8.89. The zero-order chi connectivity index (χ0) is 27.8. The average molecular weight is 503 g/mol. The number of fused-ring (bicyclic) bond motifs is 3. The van der Waals surface area contributed by atoms with E-state index in [4.69, 9.17) is 0 Å². The lowest BCUT2D eigenvalue weighted by Gasteiger charge is -2.64. The van der Waals surface area contributed by atoms with Gasteiger partial charge in [-0.05, 0) is 93.7 Å². The first-order valence-electron chi connectivity index (χ1n) is 14.2. The minimum absolute atomic E-state index is 0.0641. The lowest BCUT2D eigenvalue weighted by Crippen LogP contribution is -2.62. The van der Waals surface area contributed by atoms with Crippen LogP contribution in [0.25, 0.3) is 0 Å². The highest BCUT2D eigenvalue weighted by molar-refractivity contribution is 6.24. The molecule has 37 heavy (non-hydrogen) atoms. The SMILES string of the molecule is CC(=O)C1=C(C)CC2(C)C(C)C3(C)C(=C(C)C2(C)C1=O)C(=O)c1c(ccc(CCCC(C)C)c1C)C3C. The lowest BCUT2D eigenvalue weighted by molar-refractivity contribution is -0.139. The summed E-state index contributed by atoms with van der Waals surface area (Å²) in [6, 6.07) is 4.46. The molecular weight excluding hydrogens is 456 g/mol. The van der Waals surface area contributed by atoms with E-state index in [2.05, 4.69) is 60.6 Å². The van der Waals surface area contributed by atoms with Gasteiger partial charge in [0, 0.05) is 16.6 Å². The van der Waals surface area contributed by atoms with Gasteiger partial charge < -0.3 is 0 Å². The molecule has 1 aromatic rings. The first kappa shape index (κ1) is 27.7. The van der Waals surface area contributed by atoms with Crippen molar-refractivity contribution in [3.05, 3.63) is 56.7 Å². The van der Waals surface area contributed by atoms with Crippen LogP contribution in [0.2, 0.25) is 0 Å². The second-order valence-corrected chi connectivity index (χ2v) is 13.4. The zero-order valence-electron chi connectivity index (χ0n) is 24.9. The molecule has 0 spiro atoms. The quantitative estimate of drug-likeness (QED) is 0.382. The minimum atomic E-state index is -0.891. The number of allylic oxidation sites excluding steroid dienone is 4. The summed E-state index contributed by atoms with van der Waals surface area (Å²) in [5, 5.41) is 0. The van der Waals surface area contributed by atoms with Crippen molar-refractivity contribution in [3.8, 4) is 0 Å². The Bertz CT molecular complexity index is 1270. The summed E-state index contributed by atoms with van der Waals surface area (Å²) in [6.45, 7) is 23.0. The van der Waals surface area contributed by atoms with E-state index < -0.39 is 16.2 Å². The van der Waals surface area contributed by atoms with Gasteiger partial charge in [0.15, 0.2) is 17.3 Å². The summed E-state index contributed by atoms with van der Waals surface area (Å²) in [4.78, 5) is 41.4. The zero-order valence-corrected chi connectivity index (χ0v) is 24.9. The fraction of sp³-hybridized carbons (Fsp3) is 0.618. The monoisotopic (exact) mass is 502 g/mol. The van der Waals surface area contributed by atoms with Gasteiger partial charge in [0.1, 0.15) is 0 Å². The first-order valence-corrected chi connectivity index (χ1v) is 14.2. The van der Waals surface area contributed by atoms with E-state index in [1.807, 2.05) is 20.8 Å². The van der Waals surface area contributed by atoms with Crippen LogP contribution in [-0.4, -0.2) is 17.3 Å². The number of carbonyl (C=O) groups excluding carboxylic acids is 3. The van der Waals surface area contributed by atoms with Crippen molar-refractivity contribution in [1.82, 2.24) is 0 Å². The molecule has 0 aliphatic heterocycles. The number of hydrogen-bond donors (Lipinski definition) is 0. The molecular formula is C34H46O3. The van der Waals surface area contributed by atoms with Gasteiger partial charge >= 0.3 is 0 Å². The van der Waals surface area contributed by atoms with Crippen LogP contribution in [0.15, 0.2) is 34.4 Å². The molecule has 0 aromatic heterocycles. The summed E-state index contributed by atoms with van der Waals surface area (Å²) < 4.78 is 0. The summed E-state index contributed by atoms with van der Waals surface area (Å²) in [7, 11) is 0. The topological polar surface area (TPSA) is 51.2 Å². The Morgan fingerprint density at radius 1 is 1.05 bits per heavy atom. The predicted molar refractivity (Wildman–Crippen MR) is 151 cm³/mol. The molecule has 4 rings (SSSR count). The van der Waals surface area contributed by atoms with Gasteiger partial charge in [-0.3, -0.25) is 14.4 Å².